The Balaban J connectivity index is 1.91. The van der Waals surface area contributed by atoms with Crippen LogP contribution < -0.4 is 16.0 Å². The number of aromatic nitrogens is 3. The second kappa shape index (κ2) is 7.97. The fraction of sp³-hybridized carbons (Fsp3) is 0.280. The molecule has 5 rings (SSSR count). The van der Waals surface area contributed by atoms with Gasteiger partial charge >= 0.3 is 5.69 Å². The second-order valence-corrected chi connectivity index (χ2v) is 8.06. The van der Waals surface area contributed by atoms with Crippen LogP contribution in [-0.4, -0.2) is 32.0 Å². The molecule has 1 aliphatic heterocycles. The average Bonchev–Trinajstić information content (AvgIpc) is 3.19. The molecule has 0 aliphatic carbocycles. The van der Waals surface area contributed by atoms with Crippen molar-refractivity contribution in [2.24, 2.45) is 14.1 Å². The molecule has 0 saturated carbocycles. The molecule has 0 unspecified atom stereocenters. The smallest absolute Gasteiger partial charge is 0.331 e. The second-order valence-electron chi connectivity index (χ2n) is 8.06. The van der Waals surface area contributed by atoms with Gasteiger partial charge in [0, 0.05) is 26.2 Å². The summed E-state index contributed by atoms with van der Waals surface area (Å²) in [5.41, 5.74) is 2.53. The summed E-state index contributed by atoms with van der Waals surface area (Å²) in [7, 11) is 3.14. The minimum atomic E-state index is -0.683. The van der Waals surface area contributed by atoms with Gasteiger partial charge in [0.25, 0.3) is 5.56 Å². The Morgan fingerprint density at radius 2 is 1.82 bits per heavy atom. The highest BCUT2D eigenvalue weighted by Crippen LogP contribution is 2.44. The highest BCUT2D eigenvalue weighted by Gasteiger charge is 2.34. The first-order chi connectivity index (χ1) is 16.0. The Morgan fingerprint density at radius 1 is 1.06 bits per heavy atom. The first-order valence-electron chi connectivity index (χ1n) is 10.9. The predicted molar refractivity (Wildman–Crippen MR) is 125 cm³/mol. The molecule has 0 radical (unpaired) electrons. The minimum Gasteiger partial charge on any atom is -0.504 e. The topological polar surface area (TPSA) is 87.6 Å². The van der Waals surface area contributed by atoms with Gasteiger partial charge in [-0.05, 0) is 18.6 Å². The number of hydrogen-bond donors (Lipinski definition) is 1. The Hall–Kier alpha value is -3.78. The molecule has 4 aromatic rings. The van der Waals surface area contributed by atoms with Gasteiger partial charge in [-0.25, -0.2) is 4.79 Å². The number of ether oxygens (including phenoxy) is 2. The van der Waals surface area contributed by atoms with Crippen LogP contribution in [0.3, 0.4) is 0 Å². The summed E-state index contributed by atoms with van der Waals surface area (Å²) in [6.45, 7) is 3.14. The highest BCUT2D eigenvalue weighted by molar-refractivity contribution is 5.96. The van der Waals surface area contributed by atoms with Crippen LogP contribution in [0.25, 0.3) is 22.2 Å². The van der Waals surface area contributed by atoms with E-state index in [9.17, 15) is 14.7 Å². The summed E-state index contributed by atoms with van der Waals surface area (Å²) >= 11 is 0. The Kier molecular flexibility index (Phi) is 5.09. The molecule has 0 saturated heterocycles. The standard InChI is InChI=1S/C25H25N3O5/c1-4-32-17-12-8-11-16(22(17)29)23-21-20-18(24(30)27(3)25(31)26(20)2)19(28(21)13-14-33-23)15-9-6-5-7-10-15/h5-12,23,29H,4,13-14H2,1-3H3/t23-/m1/s1. The van der Waals surface area contributed by atoms with Crippen LogP contribution in [0.4, 0.5) is 0 Å². The first-order valence-corrected chi connectivity index (χ1v) is 10.9. The van der Waals surface area contributed by atoms with E-state index in [1.54, 1.807) is 25.2 Å². The van der Waals surface area contributed by atoms with Crippen LogP contribution >= 0.6 is 0 Å². The molecule has 8 nitrogen and oxygen atoms in total. The van der Waals surface area contributed by atoms with Crippen molar-refractivity contribution >= 4 is 10.9 Å². The molecule has 8 heteroatoms. The van der Waals surface area contributed by atoms with Gasteiger partial charge in [0.2, 0.25) is 0 Å². The van der Waals surface area contributed by atoms with Crippen molar-refractivity contribution in [3.63, 3.8) is 0 Å². The van der Waals surface area contributed by atoms with E-state index >= 15 is 0 Å². The zero-order valence-corrected chi connectivity index (χ0v) is 18.7. The summed E-state index contributed by atoms with van der Waals surface area (Å²) in [4.78, 5) is 26.3. The summed E-state index contributed by atoms with van der Waals surface area (Å²) in [5, 5.41) is 11.4. The van der Waals surface area contributed by atoms with Crippen molar-refractivity contribution in [3.8, 4) is 22.8 Å². The normalized spacial score (nSPS) is 15.5. The number of nitrogens with zero attached hydrogens (tertiary/aromatic N) is 3. The third-order valence-corrected chi connectivity index (χ3v) is 6.21. The number of aryl methyl sites for hydroxylation is 1. The zero-order valence-electron chi connectivity index (χ0n) is 18.7. The lowest BCUT2D eigenvalue weighted by molar-refractivity contribution is 0.0462. The van der Waals surface area contributed by atoms with Crippen molar-refractivity contribution < 1.29 is 14.6 Å². The quantitative estimate of drug-likeness (QED) is 0.520. The fourth-order valence-corrected chi connectivity index (χ4v) is 4.74. The van der Waals surface area contributed by atoms with E-state index in [1.807, 2.05) is 41.8 Å². The van der Waals surface area contributed by atoms with E-state index in [1.165, 1.54) is 11.6 Å². The maximum absolute atomic E-state index is 13.4. The van der Waals surface area contributed by atoms with Gasteiger partial charge in [-0.15, -0.1) is 0 Å². The fourth-order valence-electron chi connectivity index (χ4n) is 4.74. The van der Waals surface area contributed by atoms with Gasteiger partial charge in [0.05, 0.1) is 35.5 Å². The summed E-state index contributed by atoms with van der Waals surface area (Å²) in [6, 6.07) is 14.9. The largest absolute Gasteiger partial charge is 0.504 e. The SMILES string of the molecule is CCOc1cccc([C@H]2OCCn3c(-c4ccccc4)c4c(=O)n(C)c(=O)n(C)c4c32)c1O. The molecule has 0 amide bonds. The van der Waals surface area contributed by atoms with Gasteiger partial charge in [-0.1, -0.05) is 42.5 Å². The molecule has 0 spiro atoms. The molecular weight excluding hydrogens is 422 g/mol. The van der Waals surface area contributed by atoms with Crippen LogP contribution in [-0.2, 0) is 25.4 Å². The summed E-state index contributed by atoms with van der Waals surface area (Å²) in [6.07, 6.45) is -0.683. The third-order valence-electron chi connectivity index (χ3n) is 6.21. The van der Waals surface area contributed by atoms with E-state index in [0.717, 1.165) is 15.8 Å². The number of fused-ring (bicyclic) bond motifs is 3. The number of para-hydroxylation sites is 1. The van der Waals surface area contributed by atoms with Crippen molar-refractivity contribution in [1.29, 1.82) is 0 Å². The highest BCUT2D eigenvalue weighted by atomic mass is 16.5. The van der Waals surface area contributed by atoms with Crippen LogP contribution in [0.2, 0.25) is 0 Å². The summed E-state index contributed by atoms with van der Waals surface area (Å²) in [5.74, 6) is 0.349. The molecule has 1 atom stereocenters. The number of rotatable bonds is 4. The van der Waals surface area contributed by atoms with Gasteiger partial charge in [-0.2, -0.15) is 0 Å². The lowest BCUT2D eigenvalue weighted by Gasteiger charge is -2.28. The maximum atomic E-state index is 13.4. The Bertz CT molecular complexity index is 1480. The number of hydrogen-bond acceptors (Lipinski definition) is 5. The van der Waals surface area contributed by atoms with Gasteiger partial charge in [0.15, 0.2) is 11.5 Å². The number of phenols is 1. The molecule has 33 heavy (non-hydrogen) atoms. The van der Waals surface area contributed by atoms with Crippen molar-refractivity contribution in [1.82, 2.24) is 13.7 Å². The predicted octanol–water partition coefficient (Wildman–Crippen LogP) is 2.93. The summed E-state index contributed by atoms with van der Waals surface area (Å²) < 4.78 is 16.4. The monoisotopic (exact) mass is 447 g/mol. The van der Waals surface area contributed by atoms with Crippen molar-refractivity contribution in [3.05, 3.63) is 80.6 Å². The van der Waals surface area contributed by atoms with Gasteiger partial charge in [0.1, 0.15) is 6.10 Å². The van der Waals surface area contributed by atoms with E-state index in [4.69, 9.17) is 9.47 Å². The molecule has 2 aromatic heterocycles. The molecular formula is C25H25N3O5. The van der Waals surface area contributed by atoms with Crippen LogP contribution in [0.1, 0.15) is 24.3 Å². The van der Waals surface area contributed by atoms with Gasteiger partial charge < -0.3 is 19.1 Å². The van der Waals surface area contributed by atoms with E-state index in [-0.39, 0.29) is 11.3 Å². The molecule has 1 N–H and O–H groups in total. The van der Waals surface area contributed by atoms with Crippen LogP contribution in [0.5, 0.6) is 11.5 Å². The number of benzene rings is 2. The van der Waals surface area contributed by atoms with E-state index < -0.39 is 11.8 Å². The van der Waals surface area contributed by atoms with Gasteiger partial charge in [-0.3, -0.25) is 13.9 Å². The third kappa shape index (κ3) is 3.09. The molecule has 1 aliphatic rings. The van der Waals surface area contributed by atoms with E-state index in [0.29, 0.717) is 47.7 Å². The molecule has 0 bridgehead atoms. The maximum Gasteiger partial charge on any atom is 0.331 e. The van der Waals surface area contributed by atoms with E-state index in [2.05, 4.69) is 0 Å². The van der Waals surface area contributed by atoms with Crippen LogP contribution in [0.15, 0.2) is 58.1 Å². The zero-order chi connectivity index (χ0) is 23.3. The average molecular weight is 447 g/mol. The Morgan fingerprint density at radius 3 is 2.55 bits per heavy atom. The molecule has 3 heterocycles. The lowest BCUT2D eigenvalue weighted by atomic mass is 10.0. The molecule has 0 fully saturated rings. The number of phenolic OH excluding ortho intramolecular Hbond substituents is 1. The molecule has 170 valence electrons. The van der Waals surface area contributed by atoms with Crippen molar-refractivity contribution in [2.45, 2.75) is 19.6 Å². The van der Waals surface area contributed by atoms with Crippen LogP contribution in [0, 0.1) is 0 Å². The minimum absolute atomic E-state index is 0.0118. The van der Waals surface area contributed by atoms with Crippen molar-refractivity contribution in [2.75, 3.05) is 13.2 Å². The lowest BCUT2D eigenvalue weighted by Crippen LogP contribution is -2.37. The first kappa shape index (κ1) is 21.1. The Labute approximate surface area is 189 Å². The number of aromatic hydroxyl groups is 1. The molecule has 2 aromatic carbocycles.